The zero-order valence-electron chi connectivity index (χ0n) is 21.6. The average Bonchev–Trinajstić information content (AvgIpc) is 3.74. The topological polar surface area (TPSA) is 71.4 Å². The number of nitrogens with zero attached hydrogens (tertiary/aromatic N) is 3. The van der Waals surface area contributed by atoms with Gasteiger partial charge in [-0.1, -0.05) is 37.1 Å². The summed E-state index contributed by atoms with van der Waals surface area (Å²) < 4.78 is 7.93. The number of thiocarbonyl (C=S) groups is 1. The molecule has 2 aromatic carbocycles. The van der Waals surface area contributed by atoms with E-state index in [1.807, 2.05) is 79.0 Å². The van der Waals surface area contributed by atoms with Crippen molar-refractivity contribution in [3.63, 3.8) is 0 Å². The molecule has 2 N–H and O–H groups in total. The highest BCUT2D eigenvalue weighted by Crippen LogP contribution is 2.42. The molecule has 0 bridgehead atoms. The molecule has 1 saturated heterocycles. The summed E-state index contributed by atoms with van der Waals surface area (Å²) in [5.74, 6) is 0.444. The van der Waals surface area contributed by atoms with Gasteiger partial charge in [0.25, 0.3) is 5.91 Å². The molecule has 0 radical (unpaired) electrons. The lowest BCUT2D eigenvalue weighted by atomic mass is 9.98. The van der Waals surface area contributed by atoms with E-state index < -0.39 is 0 Å². The van der Waals surface area contributed by atoms with Crippen molar-refractivity contribution in [2.45, 2.75) is 43.8 Å². The lowest BCUT2D eigenvalue weighted by molar-refractivity contribution is -0.118. The molecule has 2 aliphatic rings. The second kappa shape index (κ2) is 11.3. The van der Waals surface area contributed by atoms with Gasteiger partial charge in [-0.25, -0.2) is 0 Å². The maximum absolute atomic E-state index is 12.4. The number of amides is 1. The van der Waals surface area contributed by atoms with Crippen LogP contribution in [0.15, 0.2) is 97.5 Å². The predicted molar refractivity (Wildman–Crippen MR) is 157 cm³/mol. The number of benzene rings is 2. The molecule has 7 nitrogen and oxygen atoms in total. The predicted octanol–water partition coefficient (Wildman–Crippen LogP) is 6.19. The summed E-state index contributed by atoms with van der Waals surface area (Å²) in [5, 5.41) is 7.08. The summed E-state index contributed by atoms with van der Waals surface area (Å²) in [5.41, 5.74) is 3.79. The second-order valence-corrected chi connectivity index (χ2v) is 10.4. The third-order valence-electron chi connectivity index (χ3n) is 7.47. The van der Waals surface area contributed by atoms with E-state index in [1.165, 1.54) is 31.2 Å². The number of anilines is 2. The van der Waals surface area contributed by atoms with Gasteiger partial charge in [-0.3, -0.25) is 9.78 Å². The Hall–Kier alpha value is -4.17. The summed E-state index contributed by atoms with van der Waals surface area (Å²) >= 11 is 5.87. The van der Waals surface area contributed by atoms with Crippen LogP contribution in [0.3, 0.4) is 0 Å². The smallest absolute Gasteiger partial charge is 0.262 e. The van der Waals surface area contributed by atoms with E-state index >= 15 is 0 Å². The first-order valence-electron chi connectivity index (χ1n) is 13.4. The van der Waals surface area contributed by atoms with Crippen molar-refractivity contribution >= 4 is 34.6 Å². The van der Waals surface area contributed by atoms with Crippen LogP contribution < -0.4 is 20.3 Å². The van der Waals surface area contributed by atoms with E-state index in [4.69, 9.17) is 17.0 Å². The number of rotatable bonds is 8. The largest absolute Gasteiger partial charge is 0.484 e. The Morgan fingerprint density at radius 3 is 2.51 bits per heavy atom. The van der Waals surface area contributed by atoms with Gasteiger partial charge < -0.3 is 24.8 Å². The maximum atomic E-state index is 12.4. The van der Waals surface area contributed by atoms with Crippen LogP contribution in [-0.2, 0) is 4.79 Å². The highest BCUT2D eigenvalue weighted by molar-refractivity contribution is 7.80. The van der Waals surface area contributed by atoms with Gasteiger partial charge in [0.1, 0.15) is 5.75 Å². The Morgan fingerprint density at radius 1 is 1.00 bits per heavy atom. The summed E-state index contributed by atoms with van der Waals surface area (Å²) in [7, 11) is 0. The summed E-state index contributed by atoms with van der Waals surface area (Å²) in [4.78, 5) is 19.3. The van der Waals surface area contributed by atoms with Crippen molar-refractivity contribution in [1.82, 2.24) is 14.9 Å². The molecule has 4 aromatic rings. The standard InChI is InChI=1S/C31H31N5O2S/c37-28(21-38-26-10-2-1-3-11-26)33-23-13-15-25(16-14-23)36-30(22-17-19-35(20-22)24-8-4-5-9-24)29(34-31(36)39)27-12-6-7-18-32-27/h1-3,6-7,10-20,24,29-30H,4-5,8-9,21H2,(H,33,37)(H,34,39)/t29-,30+/m1/s1. The molecule has 0 spiro atoms. The van der Waals surface area contributed by atoms with Gasteiger partial charge >= 0.3 is 0 Å². The molecule has 2 fully saturated rings. The van der Waals surface area contributed by atoms with Crippen LogP contribution in [0.5, 0.6) is 5.75 Å². The van der Waals surface area contributed by atoms with Crippen molar-refractivity contribution in [3.05, 3.63) is 109 Å². The number of nitrogens with one attached hydrogen (secondary N) is 2. The van der Waals surface area contributed by atoms with Crippen molar-refractivity contribution < 1.29 is 9.53 Å². The van der Waals surface area contributed by atoms with Gasteiger partial charge in [0.2, 0.25) is 0 Å². The minimum absolute atomic E-state index is 0.0578. The fourth-order valence-corrected chi connectivity index (χ4v) is 5.92. The van der Waals surface area contributed by atoms with Crippen molar-refractivity contribution in [1.29, 1.82) is 0 Å². The molecule has 1 amide bonds. The van der Waals surface area contributed by atoms with Crippen LogP contribution in [0.2, 0.25) is 0 Å². The molecule has 2 atom stereocenters. The average molecular weight is 538 g/mol. The van der Waals surface area contributed by atoms with Gasteiger partial charge in [-0.2, -0.15) is 0 Å². The molecule has 6 rings (SSSR count). The van der Waals surface area contributed by atoms with E-state index in [2.05, 4.69) is 43.5 Å². The van der Waals surface area contributed by atoms with Gasteiger partial charge in [0, 0.05) is 36.0 Å². The molecule has 8 heteroatoms. The number of carbonyl (C=O) groups excluding carboxylic acids is 1. The molecule has 3 heterocycles. The number of hydrogen-bond donors (Lipinski definition) is 2. The second-order valence-electron chi connectivity index (χ2n) is 10.0. The van der Waals surface area contributed by atoms with Crippen LogP contribution in [0, 0.1) is 0 Å². The van der Waals surface area contributed by atoms with Crippen LogP contribution in [-0.4, -0.2) is 27.2 Å². The molecule has 1 aliphatic carbocycles. The maximum Gasteiger partial charge on any atom is 0.262 e. The first kappa shape index (κ1) is 25.1. The van der Waals surface area contributed by atoms with Crippen LogP contribution in [0.1, 0.15) is 55.1 Å². The van der Waals surface area contributed by atoms with Crippen LogP contribution in [0.25, 0.3) is 0 Å². The van der Waals surface area contributed by atoms with Crippen LogP contribution in [0.4, 0.5) is 11.4 Å². The Labute approximate surface area is 233 Å². The van der Waals surface area contributed by atoms with Gasteiger partial charge in [-0.05, 0) is 85.2 Å². The highest BCUT2D eigenvalue weighted by atomic mass is 32.1. The number of pyridine rings is 1. The third kappa shape index (κ3) is 5.52. The minimum Gasteiger partial charge on any atom is -0.484 e. The Balaban J connectivity index is 1.22. The molecule has 0 unspecified atom stereocenters. The molecule has 1 aliphatic heterocycles. The van der Waals surface area contributed by atoms with E-state index in [-0.39, 0.29) is 24.6 Å². The lowest BCUT2D eigenvalue weighted by Gasteiger charge is -2.27. The minimum atomic E-state index is -0.216. The number of para-hydroxylation sites is 1. The molecule has 198 valence electrons. The third-order valence-corrected chi connectivity index (χ3v) is 7.78. The van der Waals surface area contributed by atoms with Gasteiger partial charge in [0.05, 0.1) is 17.8 Å². The first-order chi connectivity index (χ1) is 19.2. The lowest BCUT2D eigenvalue weighted by Crippen LogP contribution is -2.29. The Morgan fingerprint density at radius 2 is 1.77 bits per heavy atom. The summed E-state index contributed by atoms with van der Waals surface area (Å²) in [6, 6.07) is 25.7. The van der Waals surface area contributed by atoms with Gasteiger partial charge in [-0.15, -0.1) is 0 Å². The molecule has 2 aromatic heterocycles. The fraction of sp³-hybridized carbons (Fsp3) is 0.258. The highest BCUT2D eigenvalue weighted by Gasteiger charge is 2.41. The van der Waals surface area contributed by atoms with Crippen molar-refractivity contribution in [2.24, 2.45) is 0 Å². The van der Waals surface area contributed by atoms with E-state index in [1.54, 1.807) is 0 Å². The Bertz CT molecular complexity index is 1420. The van der Waals surface area contributed by atoms with Crippen molar-refractivity contribution in [2.75, 3.05) is 16.8 Å². The van der Waals surface area contributed by atoms with Crippen LogP contribution >= 0.6 is 12.2 Å². The summed E-state index contributed by atoms with van der Waals surface area (Å²) in [6.45, 7) is -0.0578. The number of aromatic nitrogens is 2. The quantitative estimate of drug-likeness (QED) is 0.261. The van der Waals surface area contributed by atoms with Crippen molar-refractivity contribution in [3.8, 4) is 5.75 Å². The molecular formula is C31H31N5O2S. The molecular weight excluding hydrogens is 506 g/mol. The Kier molecular flexibility index (Phi) is 7.27. The number of hydrogen-bond acceptors (Lipinski definition) is 4. The monoisotopic (exact) mass is 537 g/mol. The number of ether oxygens (including phenoxy) is 1. The summed E-state index contributed by atoms with van der Waals surface area (Å²) in [6.07, 6.45) is 11.3. The van der Waals surface area contributed by atoms with Gasteiger partial charge in [0.15, 0.2) is 11.7 Å². The normalized spacial score (nSPS) is 19.2. The zero-order chi connectivity index (χ0) is 26.6. The number of carbonyl (C=O) groups is 1. The van der Waals surface area contributed by atoms with E-state index in [9.17, 15) is 4.79 Å². The fourth-order valence-electron chi connectivity index (χ4n) is 5.57. The molecule has 39 heavy (non-hydrogen) atoms. The first-order valence-corrected chi connectivity index (χ1v) is 13.8. The molecule has 1 saturated carbocycles. The van der Waals surface area contributed by atoms with E-state index in [0.29, 0.717) is 22.6 Å². The van der Waals surface area contributed by atoms with E-state index in [0.717, 1.165) is 11.4 Å². The zero-order valence-corrected chi connectivity index (χ0v) is 22.4. The SMILES string of the molecule is O=C(COc1ccccc1)Nc1ccc(N2C(=S)N[C@H](c3ccccn3)[C@@H]2c2ccn(C3CCCC3)c2)cc1.